The highest BCUT2D eigenvalue weighted by molar-refractivity contribution is 7.92. The van der Waals surface area contributed by atoms with Crippen molar-refractivity contribution in [3.05, 3.63) is 57.0 Å². The lowest BCUT2D eigenvalue weighted by atomic mass is 10.1. The molecule has 0 saturated heterocycles. The zero-order chi connectivity index (χ0) is 28.1. The van der Waals surface area contributed by atoms with E-state index in [4.69, 9.17) is 39.5 Å². The van der Waals surface area contributed by atoms with Gasteiger partial charge in [0.25, 0.3) is 0 Å². The van der Waals surface area contributed by atoms with Crippen molar-refractivity contribution in [2.75, 3.05) is 24.2 Å². The normalized spacial score (nSPS) is 12.6. The van der Waals surface area contributed by atoms with Gasteiger partial charge in [0.05, 0.1) is 19.1 Å². The summed E-state index contributed by atoms with van der Waals surface area (Å²) in [4.78, 5) is 28.4. The van der Waals surface area contributed by atoms with Crippen LogP contribution in [0, 0.1) is 0 Å². The van der Waals surface area contributed by atoms with Crippen molar-refractivity contribution >= 4 is 62.3 Å². The summed E-state index contributed by atoms with van der Waals surface area (Å²) in [7, 11) is -2.59. The van der Waals surface area contributed by atoms with Crippen molar-refractivity contribution in [1.29, 1.82) is 0 Å². The first kappa shape index (κ1) is 31.0. The fourth-order valence-corrected chi connectivity index (χ4v) is 5.21. The van der Waals surface area contributed by atoms with Crippen molar-refractivity contribution < 1.29 is 22.7 Å². The summed E-state index contributed by atoms with van der Waals surface area (Å²) in [5, 5.41) is 3.78. The SMILES string of the molecule is CCC(C(=O)NC(C)(C)C)N(Cc1c(Cl)cccc1Cl)C(=O)CN(c1cc(Cl)ccc1OC)S(C)(=O)=O. The molecule has 204 valence electrons. The second-order valence-corrected chi connectivity index (χ2v) is 12.6. The first-order valence-corrected chi connectivity index (χ1v) is 14.4. The van der Waals surface area contributed by atoms with Gasteiger partial charge in [0, 0.05) is 32.7 Å². The Balaban J connectivity index is 2.59. The Hall–Kier alpha value is -2.20. The number of halogens is 3. The van der Waals surface area contributed by atoms with Crippen LogP contribution in [-0.4, -0.2) is 56.6 Å². The van der Waals surface area contributed by atoms with Gasteiger partial charge >= 0.3 is 0 Å². The Morgan fingerprint density at radius 1 is 1.08 bits per heavy atom. The minimum Gasteiger partial charge on any atom is -0.495 e. The summed E-state index contributed by atoms with van der Waals surface area (Å²) < 4.78 is 31.9. The molecule has 37 heavy (non-hydrogen) atoms. The molecule has 2 aromatic carbocycles. The lowest BCUT2D eigenvalue weighted by Gasteiger charge is -2.35. The van der Waals surface area contributed by atoms with Gasteiger partial charge in [-0.2, -0.15) is 0 Å². The topological polar surface area (TPSA) is 96.0 Å². The van der Waals surface area contributed by atoms with Crippen LogP contribution in [0.2, 0.25) is 15.1 Å². The molecule has 0 saturated carbocycles. The molecule has 1 unspecified atom stereocenters. The second kappa shape index (κ2) is 12.6. The standard InChI is InChI=1S/C25H32Cl3N3O5S/c1-7-20(24(33)29-25(2,3)4)30(14-17-18(27)9-8-10-19(17)28)23(32)15-31(37(6,34)35)21-13-16(26)11-12-22(21)36-5/h8-13,20H,7,14-15H2,1-6H3,(H,29,33). The zero-order valence-electron chi connectivity index (χ0n) is 21.6. The molecule has 0 aliphatic rings. The van der Waals surface area contributed by atoms with Gasteiger partial charge in [0.1, 0.15) is 18.3 Å². The van der Waals surface area contributed by atoms with Gasteiger partial charge in [0.15, 0.2) is 0 Å². The van der Waals surface area contributed by atoms with E-state index in [2.05, 4.69) is 5.32 Å². The third kappa shape index (κ3) is 8.40. The smallest absolute Gasteiger partial charge is 0.244 e. The van der Waals surface area contributed by atoms with E-state index in [1.54, 1.807) is 31.2 Å². The number of hydrogen-bond donors (Lipinski definition) is 1. The van der Waals surface area contributed by atoms with Gasteiger partial charge in [-0.15, -0.1) is 0 Å². The maximum atomic E-state index is 13.8. The molecule has 1 atom stereocenters. The van der Waals surface area contributed by atoms with Crippen molar-refractivity contribution in [2.45, 2.75) is 52.2 Å². The number of carbonyl (C=O) groups excluding carboxylic acids is 2. The van der Waals surface area contributed by atoms with Gasteiger partial charge in [-0.05, 0) is 57.5 Å². The highest BCUT2D eigenvalue weighted by Crippen LogP contribution is 2.33. The highest BCUT2D eigenvalue weighted by Gasteiger charge is 2.34. The average Bonchev–Trinajstić information content (AvgIpc) is 2.77. The van der Waals surface area contributed by atoms with Gasteiger partial charge in [-0.3, -0.25) is 13.9 Å². The Bertz CT molecular complexity index is 1230. The van der Waals surface area contributed by atoms with Crippen LogP contribution in [0.15, 0.2) is 36.4 Å². The van der Waals surface area contributed by atoms with Crippen LogP contribution in [0.4, 0.5) is 5.69 Å². The largest absolute Gasteiger partial charge is 0.495 e. The van der Waals surface area contributed by atoms with E-state index >= 15 is 0 Å². The number of nitrogens with one attached hydrogen (secondary N) is 1. The third-order valence-corrected chi connectivity index (χ3v) is 7.43. The Morgan fingerprint density at radius 2 is 1.68 bits per heavy atom. The lowest BCUT2D eigenvalue weighted by Crippen LogP contribution is -2.55. The quantitative estimate of drug-likeness (QED) is 0.412. The molecule has 0 spiro atoms. The Labute approximate surface area is 233 Å². The molecule has 0 aliphatic heterocycles. The number of amides is 2. The van der Waals surface area contributed by atoms with Crippen molar-refractivity contribution in [2.24, 2.45) is 0 Å². The predicted molar refractivity (Wildman–Crippen MR) is 149 cm³/mol. The van der Waals surface area contributed by atoms with Crippen molar-refractivity contribution in [3.8, 4) is 5.75 Å². The summed E-state index contributed by atoms with van der Waals surface area (Å²) in [5.41, 5.74) is -0.0324. The number of carbonyl (C=O) groups is 2. The van der Waals surface area contributed by atoms with Crippen LogP contribution in [0.25, 0.3) is 0 Å². The number of nitrogens with zero attached hydrogens (tertiary/aromatic N) is 2. The van der Waals surface area contributed by atoms with Crippen LogP contribution < -0.4 is 14.4 Å². The van der Waals surface area contributed by atoms with Crippen LogP contribution in [0.1, 0.15) is 39.7 Å². The summed E-state index contributed by atoms with van der Waals surface area (Å²) in [6.45, 7) is 6.51. The Kier molecular flexibility index (Phi) is 10.5. The zero-order valence-corrected chi connectivity index (χ0v) is 24.7. The van der Waals surface area contributed by atoms with Crippen LogP contribution >= 0.6 is 34.8 Å². The highest BCUT2D eigenvalue weighted by atomic mass is 35.5. The fraction of sp³-hybridized carbons (Fsp3) is 0.440. The molecule has 2 aromatic rings. The molecule has 0 fully saturated rings. The minimum absolute atomic E-state index is 0.0915. The number of sulfonamides is 1. The first-order chi connectivity index (χ1) is 17.1. The molecular formula is C25H32Cl3N3O5S. The number of methoxy groups -OCH3 is 1. The molecule has 0 aliphatic carbocycles. The van der Waals surface area contributed by atoms with E-state index in [9.17, 15) is 18.0 Å². The van der Waals surface area contributed by atoms with E-state index in [0.29, 0.717) is 15.6 Å². The van der Waals surface area contributed by atoms with Crippen molar-refractivity contribution in [3.63, 3.8) is 0 Å². The number of anilines is 1. The van der Waals surface area contributed by atoms with Crippen LogP contribution in [0.3, 0.4) is 0 Å². The van der Waals surface area contributed by atoms with Gasteiger partial charge in [-0.25, -0.2) is 8.42 Å². The maximum absolute atomic E-state index is 13.8. The van der Waals surface area contributed by atoms with E-state index in [-0.39, 0.29) is 29.4 Å². The molecule has 8 nitrogen and oxygen atoms in total. The van der Waals surface area contributed by atoms with E-state index in [1.807, 2.05) is 20.8 Å². The van der Waals surface area contributed by atoms with E-state index < -0.39 is 40.0 Å². The molecule has 1 N–H and O–H groups in total. The average molecular weight is 593 g/mol. The summed E-state index contributed by atoms with van der Waals surface area (Å²) in [5.74, 6) is -0.821. The second-order valence-electron chi connectivity index (χ2n) is 9.47. The summed E-state index contributed by atoms with van der Waals surface area (Å²) in [6.07, 6.45) is 1.23. The van der Waals surface area contributed by atoms with Crippen LogP contribution in [-0.2, 0) is 26.2 Å². The van der Waals surface area contributed by atoms with Crippen LogP contribution in [0.5, 0.6) is 5.75 Å². The fourth-order valence-electron chi connectivity index (χ4n) is 3.68. The Morgan fingerprint density at radius 3 is 2.16 bits per heavy atom. The molecular weight excluding hydrogens is 561 g/mol. The first-order valence-electron chi connectivity index (χ1n) is 11.4. The molecule has 0 heterocycles. The lowest BCUT2D eigenvalue weighted by molar-refractivity contribution is -0.141. The third-order valence-electron chi connectivity index (χ3n) is 5.36. The predicted octanol–water partition coefficient (Wildman–Crippen LogP) is 5.14. The number of rotatable bonds is 10. The minimum atomic E-state index is -3.97. The number of benzene rings is 2. The van der Waals surface area contributed by atoms with Gasteiger partial charge in [-0.1, -0.05) is 47.8 Å². The van der Waals surface area contributed by atoms with Crippen molar-refractivity contribution in [1.82, 2.24) is 10.2 Å². The molecule has 0 radical (unpaired) electrons. The molecule has 2 rings (SSSR count). The summed E-state index contributed by atoms with van der Waals surface area (Å²) in [6, 6.07) is 8.44. The molecule has 0 bridgehead atoms. The molecule has 0 aromatic heterocycles. The maximum Gasteiger partial charge on any atom is 0.244 e. The molecule has 12 heteroatoms. The van der Waals surface area contributed by atoms with Gasteiger partial charge in [0.2, 0.25) is 21.8 Å². The number of hydrogen-bond acceptors (Lipinski definition) is 5. The van der Waals surface area contributed by atoms with E-state index in [1.165, 1.54) is 24.1 Å². The van der Waals surface area contributed by atoms with Gasteiger partial charge < -0.3 is 15.0 Å². The molecule has 2 amide bonds. The monoisotopic (exact) mass is 591 g/mol. The number of ether oxygens (including phenoxy) is 1. The van der Waals surface area contributed by atoms with E-state index in [0.717, 1.165) is 10.6 Å². The summed E-state index contributed by atoms with van der Waals surface area (Å²) >= 11 is 18.9.